The van der Waals surface area contributed by atoms with Crippen molar-refractivity contribution in [1.82, 2.24) is 0 Å². The Labute approximate surface area is 112 Å². The average molecular weight is 285 g/mol. The second-order valence-electron chi connectivity index (χ2n) is 3.77. The highest BCUT2D eigenvalue weighted by Crippen LogP contribution is 2.23. The third kappa shape index (κ3) is 3.96. The number of nitrogens with two attached hydrogens (primary N) is 1. The lowest BCUT2D eigenvalue weighted by Gasteiger charge is -2.08. The summed E-state index contributed by atoms with van der Waals surface area (Å²) >= 11 is 0. The fraction of sp³-hybridized carbons (Fsp3) is 0.300. The van der Waals surface area contributed by atoms with Gasteiger partial charge in [0.1, 0.15) is 12.6 Å². The maximum absolute atomic E-state index is 11.2. The summed E-state index contributed by atoms with van der Waals surface area (Å²) in [4.78, 5) is 30.9. The number of carbonyl (C=O) groups is 1. The predicted molar refractivity (Wildman–Crippen MR) is 64.6 cm³/mol. The minimum Gasteiger partial charge on any atom is -0.460 e. The maximum atomic E-state index is 11.2. The van der Waals surface area contributed by atoms with Crippen LogP contribution in [0.5, 0.6) is 0 Å². The number of nitro groups is 2. The van der Waals surface area contributed by atoms with E-state index in [1.54, 1.807) is 0 Å². The van der Waals surface area contributed by atoms with Crippen molar-refractivity contribution in [3.05, 3.63) is 44.0 Å². The number of hydrogen-bond acceptors (Lipinski definition) is 8. The number of carbonyl (C=O) groups excluding carboxylic acids is 1. The van der Waals surface area contributed by atoms with Crippen LogP contribution in [0.3, 0.4) is 0 Å². The van der Waals surface area contributed by atoms with E-state index in [4.69, 9.17) is 10.8 Å². The molecule has 0 heterocycles. The summed E-state index contributed by atoms with van der Waals surface area (Å²) in [5.74, 6) is -0.915. The molecule has 0 radical (unpaired) electrons. The van der Waals surface area contributed by atoms with Gasteiger partial charge < -0.3 is 15.6 Å². The van der Waals surface area contributed by atoms with Gasteiger partial charge in [0.2, 0.25) is 0 Å². The topological polar surface area (TPSA) is 159 Å². The lowest BCUT2D eigenvalue weighted by atomic mass is 10.2. The monoisotopic (exact) mass is 285 g/mol. The molecule has 10 heteroatoms. The Morgan fingerprint density at radius 1 is 1.25 bits per heavy atom. The van der Waals surface area contributed by atoms with Crippen LogP contribution in [0.1, 0.15) is 5.56 Å². The van der Waals surface area contributed by atoms with Gasteiger partial charge in [-0.2, -0.15) is 0 Å². The van der Waals surface area contributed by atoms with Crippen molar-refractivity contribution in [2.24, 2.45) is 5.73 Å². The summed E-state index contributed by atoms with van der Waals surface area (Å²) in [6, 6.07) is 1.66. The summed E-state index contributed by atoms with van der Waals surface area (Å²) < 4.78 is 4.68. The summed E-state index contributed by atoms with van der Waals surface area (Å²) in [5.41, 5.74) is 4.29. The van der Waals surface area contributed by atoms with E-state index in [1.165, 1.54) is 0 Å². The Morgan fingerprint density at radius 3 is 2.15 bits per heavy atom. The molecular formula is C10H11N3O7. The molecule has 10 nitrogen and oxygen atoms in total. The minimum atomic E-state index is -1.23. The van der Waals surface area contributed by atoms with Gasteiger partial charge in [-0.05, 0) is 0 Å². The van der Waals surface area contributed by atoms with Crippen LogP contribution in [0.2, 0.25) is 0 Å². The lowest BCUT2D eigenvalue weighted by Crippen LogP contribution is -2.35. The zero-order valence-corrected chi connectivity index (χ0v) is 10.1. The number of nitro benzene ring substituents is 2. The molecule has 1 rings (SSSR count). The first-order valence-corrected chi connectivity index (χ1v) is 5.31. The normalized spacial score (nSPS) is 11.7. The fourth-order valence-corrected chi connectivity index (χ4v) is 1.29. The van der Waals surface area contributed by atoms with Crippen LogP contribution < -0.4 is 5.73 Å². The summed E-state index contributed by atoms with van der Waals surface area (Å²) in [7, 11) is 0. The van der Waals surface area contributed by atoms with E-state index in [0.717, 1.165) is 18.2 Å². The number of esters is 1. The van der Waals surface area contributed by atoms with E-state index in [1.807, 2.05) is 0 Å². The molecule has 0 amide bonds. The first-order valence-electron chi connectivity index (χ1n) is 5.31. The number of aliphatic hydroxyl groups excluding tert-OH is 1. The van der Waals surface area contributed by atoms with Crippen LogP contribution in [0.4, 0.5) is 11.4 Å². The first kappa shape index (κ1) is 15.5. The van der Waals surface area contributed by atoms with Crippen molar-refractivity contribution < 1.29 is 24.5 Å². The van der Waals surface area contributed by atoms with Gasteiger partial charge in [0.25, 0.3) is 11.4 Å². The predicted octanol–water partition coefficient (Wildman–Crippen LogP) is -0.134. The van der Waals surface area contributed by atoms with Crippen molar-refractivity contribution in [3.8, 4) is 0 Å². The van der Waals surface area contributed by atoms with E-state index < -0.39 is 46.4 Å². The highest BCUT2D eigenvalue weighted by Gasteiger charge is 2.18. The van der Waals surface area contributed by atoms with Gasteiger partial charge in [-0.25, -0.2) is 0 Å². The Balaban J connectivity index is 2.92. The molecule has 0 aromatic heterocycles. The number of aliphatic hydroxyl groups is 1. The molecule has 0 unspecified atom stereocenters. The number of nitrogens with zero attached hydrogens (tertiary/aromatic N) is 2. The minimum absolute atomic E-state index is 0.0735. The molecule has 3 N–H and O–H groups in total. The third-order valence-electron chi connectivity index (χ3n) is 2.26. The van der Waals surface area contributed by atoms with Crippen molar-refractivity contribution in [3.63, 3.8) is 0 Å². The van der Waals surface area contributed by atoms with Gasteiger partial charge in [0, 0.05) is 17.7 Å². The first-order chi connectivity index (χ1) is 9.35. The number of ether oxygens (including phenoxy) is 1. The highest BCUT2D eigenvalue weighted by atomic mass is 16.6. The van der Waals surface area contributed by atoms with Crippen molar-refractivity contribution in [1.29, 1.82) is 0 Å². The van der Waals surface area contributed by atoms with Gasteiger partial charge in [0.15, 0.2) is 0 Å². The summed E-state index contributed by atoms with van der Waals surface area (Å²) in [6.07, 6.45) is 0. The molecule has 0 saturated carbocycles. The van der Waals surface area contributed by atoms with Gasteiger partial charge in [-0.3, -0.25) is 25.0 Å². The number of hydrogen-bond donors (Lipinski definition) is 2. The van der Waals surface area contributed by atoms with Crippen molar-refractivity contribution >= 4 is 17.3 Å². The van der Waals surface area contributed by atoms with E-state index in [-0.39, 0.29) is 5.56 Å². The SMILES string of the molecule is N[C@H](CO)C(=O)OCc1cc([N+](=O)[O-])cc([N+](=O)[O-])c1. The number of non-ortho nitro benzene ring substituents is 2. The van der Waals surface area contributed by atoms with Crippen molar-refractivity contribution in [2.45, 2.75) is 12.6 Å². The second kappa shape index (κ2) is 6.54. The summed E-state index contributed by atoms with van der Waals surface area (Å²) in [6.45, 7) is -1.04. The van der Waals surface area contributed by atoms with Gasteiger partial charge in [-0.15, -0.1) is 0 Å². The van der Waals surface area contributed by atoms with E-state index in [9.17, 15) is 25.0 Å². The van der Waals surface area contributed by atoms with Gasteiger partial charge >= 0.3 is 5.97 Å². The molecule has 0 aliphatic heterocycles. The standard InChI is InChI=1S/C10H11N3O7/c11-9(4-14)10(15)20-5-6-1-7(12(16)17)3-8(2-6)13(18)19/h1-3,9,14H,4-5,11H2/t9-/m1/s1. The van der Waals surface area contributed by atoms with E-state index in [0.29, 0.717) is 0 Å². The molecule has 1 aromatic carbocycles. The van der Waals surface area contributed by atoms with Gasteiger partial charge in [0.05, 0.1) is 22.5 Å². The third-order valence-corrected chi connectivity index (χ3v) is 2.26. The van der Waals surface area contributed by atoms with Gasteiger partial charge in [-0.1, -0.05) is 0 Å². The highest BCUT2D eigenvalue weighted by molar-refractivity contribution is 5.75. The fourth-order valence-electron chi connectivity index (χ4n) is 1.29. The number of benzene rings is 1. The molecule has 0 bridgehead atoms. The molecule has 0 fully saturated rings. The molecule has 0 aliphatic carbocycles. The largest absolute Gasteiger partial charge is 0.460 e. The van der Waals surface area contributed by atoms with Crippen LogP contribution in [0.15, 0.2) is 18.2 Å². The Hall–Kier alpha value is -2.59. The molecule has 0 saturated heterocycles. The van der Waals surface area contributed by atoms with E-state index >= 15 is 0 Å². The smallest absolute Gasteiger partial charge is 0.325 e. The lowest BCUT2D eigenvalue weighted by molar-refractivity contribution is -0.394. The van der Waals surface area contributed by atoms with E-state index in [2.05, 4.69) is 4.74 Å². The molecule has 1 atom stereocenters. The Morgan fingerprint density at radius 2 is 1.75 bits per heavy atom. The Bertz CT molecular complexity index is 513. The van der Waals surface area contributed by atoms with Crippen LogP contribution in [0, 0.1) is 20.2 Å². The Kier molecular flexibility index (Phi) is 5.06. The molecular weight excluding hydrogens is 274 g/mol. The zero-order valence-electron chi connectivity index (χ0n) is 10.1. The molecule has 20 heavy (non-hydrogen) atoms. The zero-order chi connectivity index (χ0) is 15.3. The van der Waals surface area contributed by atoms with Crippen LogP contribution in [-0.2, 0) is 16.1 Å². The van der Waals surface area contributed by atoms with Crippen molar-refractivity contribution in [2.75, 3.05) is 6.61 Å². The molecule has 0 spiro atoms. The second-order valence-corrected chi connectivity index (χ2v) is 3.77. The maximum Gasteiger partial charge on any atom is 0.325 e. The average Bonchev–Trinajstić information content (AvgIpc) is 2.43. The number of rotatable bonds is 6. The quantitative estimate of drug-likeness (QED) is 0.415. The molecule has 1 aromatic rings. The molecule has 0 aliphatic rings. The van der Waals surface area contributed by atoms with Crippen LogP contribution in [0.25, 0.3) is 0 Å². The molecule has 108 valence electrons. The van der Waals surface area contributed by atoms with Crippen LogP contribution >= 0.6 is 0 Å². The van der Waals surface area contributed by atoms with Crippen LogP contribution in [-0.4, -0.2) is 33.6 Å². The summed E-state index contributed by atoms with van der Waals surface area (Å²) in [5, 5.41) is 29.9.